The predicted molar refractivity (Wildman–Crippen MR) is 97.5 cm³/mol. The first-order valence-electron chi connectivity index (χ1n) is 8.09. The summed E-state index contributed by atoms with van der Waals surface area (Å²) >= 11 is 6.02. The maximum atomic E-state index is 12.8. The predicted octanol–water partition coefficient (Wildman–Crippen LogP) is 2.89. The molecule has 0 unspecified atom stereocenters. The first-order valence-corrected chi connectivity index (χ1v) is 10.3. The second-order valence-corrected chi connectivity index (χ2v) is 8.98. The molecular formula is C17H21ClN2O4S. The second kappa shape index (κ2) is 6.63. The van der Waals surface area contributed by atoms with E-state index in [-0.39, 0.29) is 11.9 Å². The molecule has 25 heavy (non-hydrogen) atoms. The number of furan rings is 1. The quantitative estimate of drug-likeness (QED) is 0.815. The fourth-order valence-electron chi connectivity index (χ4n) is 3.24. The monoisotopic (exact) mass is 384 g/mol. The van der Waals surface area contributed by atoms with Crippen molar-refractivity contribution in [1.82, 2.24) is 9.21 Å². The molecule has 0 bridgehead atoms. The highest BCUT2D eigenvalue weighted by Gasteiger charge is 2.31. The Balaban J connectivity index is 1.76. The summed E-state index contributed by atoms with van der Waals surface area (Å²) in [7, 11) is -1.63. The summed E-state index contributed by atoms with van der Waals surface area (Å²) in [5.41, 5.74) is 1.41. The van der Waals surface area contributed by atoms with Crippen molar-refractivity contribution in [3.05, 3.63) is 34.5 Å². The standard InChI is InChI=1S/C17H21ClN2O4S/c1-11-14-10-12(18)4-5-15(14)24-16(11)17(21)20-8-6-13(7-9-20)19(2)25(3,22)23/h4-5,10,13H,6-9H2,1-3H3. The largest absolute Gasteiger partial charge is 0.451 e. The molecule has 1 saturated heterocycles. The molecule has 1 aliphatic rings. The summed E-state index contributed by atoms with van der Waals surface area (Å²) in [6.45, 7) is 2.85. The molecule has 2 heterocycles. The van der Waals surface area contributed by atoms with Crippen molar-refractivity contribution in [2.75, 3.05) is 26.4 Å². The molecular weight excluding hydrogens is 364 g/mol. The van der Waals surface area contributed by atoms with Gasteiger partial charge in [0, 0.05) is 42.2 Å². The number of hydrogen-bond acceptors (Lipinski definition) is 4. The minimum absolute atomic E-state index is 0.0744. The highest BCUT2D eigenvalue weighted by atomic mass is 35.5. The Labute approximate surface area is 152 Å². The van der Waals surface area contributed by atoms with Gasteiger partial charge in [-0.25, -0.2) is 12.7 Å². The zero-order valence-corrected chi connectivity index (χ0v) is 16.0. The lowest BCUT2D eigenvalue weighted by Gasteiger charge is -2.35. The summed E-state index contributed by atoms with van der Waals surface area (Å²) in [5.74, 6) is 0.164. The number of aryl methyl sites for hydroxylation is 1. The lowest BCUT2D eigenvalue weighted by molar-refractivity contribution is 0.0656. The minimum atomic E-state index is -3.22. The van der Waals surface area contributed by atoms with E-state index in [0.717, 1.165) is 10.9 Å². The van der Waals surface area contributed by atoms with Gasteiger partial charge >= 0.3 is 0 Å². The number of likely N-dealkylation sites (tertiary alicyclic amines) is 1. The van der Waals surface area contributed by atoms with Crippen LogP contribution in [-0.2, 0) is 10.0 Å². The molecule has 1 aliphatic heterocycles. The van der Waals surface area contributed by atoms with E-state index in [1.807, 2.05) is 6.92 Å². The molecule has 6 nitrogen and oxygen atoms in total. The number of nitrogens with zero attached hydrogens (tertiary/aromatic N) is 2. The molecule has 1 aromatic carbocycles. The van der Waals surface area contributed by atoms with Gasteiger partial charge in [0.1, 0.15) is 5.58 Å². The van der Waals surface area contributed by atoms with E-state index in [1.54, 1.807) is 30.1 Å². The summed E-state index contributed by atoms with van der Waals surface area (Å²) in [6, 6.07) is 5.21. The smallest absolute Gasteiger partial charge is 0.289 e. The van der Waals surface area contributed by atoms with Crippen molar-refractivity contribution in [2.24, 2.45) is 0 Å². The van der Waals surface area contributed by atoms with Gasteiger partial charge < -0.3 is 9.32 Å². The Kier molecular flexibility index (Phi) is 4.83. The number of fused-ring (bicyclic) bond motifs is 1. The molecule has 136 valence electrons. The number of amides is 1. The topological polar surface area (TPSA) is 70.8 Å². The van der Waals surface area contributed by atoms with Gasteiger partial charge in [-0.1, -0.05) is 11.6 Å². The summed E-state index contributed by atoms with van der Waals surface area (Å²) in [4.78, 5) is 14.5. The Hall–Kier alpha value is -1.57. The number of hydrogen-bond donors (Lipinski definition) is 0. The highest BCUT2D eigenvalue weighted by molar-refractivity contribution is 7.88. The van der Waals surface area contributed by atoms with Crippen LogP contribution in [0.1, 0.15) is 29.0 Å². The van der Waals surface area contributed by atoms with E-state index in [9.17, 15) is 13.2 Å². The number of carbonyl (C=O) groups excluding carboxylic acids is 1. The summed E-state index contributed by atoms with van der Waals surface area (Å²) in [5, 5.41) is 1.43. The zero-order valence-electron chi connectivity index (χ0n) is 14.5. The van der Waals surface area contributed by atoms with Crippen molar-refractivity contribution < 1.29 is 17.6 Å². The van der Waals surface area contributed by atoms with Crippen LogP contribution in [-0.4, -0.2) is 56.0 Å². The lowest BCUT2D eigenvalue weighted by Crippen LogP contribution is -2.47. The van der Waals surface area contributed by atoms with Crippen molar-refractivity contribution in [2.45, 2.75) is 25.8 Å². The maximum absolute atomic E-state index is 12.8. The van der Waals surface area contributed by atoms with Gasteiger partial charge in [0.25, 0.3) is 5.91 Å². The highest BCUT2D eigenvalue weighted by Crippen LogP contribution is 2.29. The van der Waals surface area contributed by atoms with Gasteiger partial charge in [-0.3, -0.25) is 4.79 Å². The first kappa shape index (κ1) is 18.2. The van der Waals surface area contributed by atoms with Gasteiger partial charge in [0.2, 0.25) is 10.0 Å². The maximum Gasteiger partial charge on any atom is 0.289 e. The van der Waals surface area contributed by atoms with E-state index in [2.05, 4.69) is 0 Å². The molecule has 0 aliphatic carbocycles. The minimum Gasteiger partial charge on any atom is -0.451 e. The fourth-order valence-corrected chi connectivity index (χ4v) is 4.17. The van der Waals surface area contributed by atoms with E-state index in [4.69, 9.17) is 16.0 Å². The van der Waals surface area contributed by atoms with Gasteiger partial charge in [0.15, 0.2) is 5.76 Å². The molecule has 1 amide bonds. The number of carbonyl (C=O) groups is 1. The van der Waals surface area contributed by atoms with Crippen LogP contribution in [0.3, 0.4) is 0 Å². The number of rotatable bonds is 3. The molecule has 1 fully saturated rings. The van der Waals surface area contributed by atoms with Gasteiger partial charge in [0.05, 0.1) is 6.26 Å². The Bertz CT molecular complexity index is 914. The van der Waals surface area contributed by atoms with E-state index in [1.165, 1.54) is 10.6 Å². The molecule has 0 saturated carbocycles. The van der Waals surface area contributed by atoms with Crippen molar-refractivity contribution in [3.8, 4) is 0 Å². The molecule has 0 spiro atoms. The van der Waals surface area contributed by atoms with Crippen LogP contribution in [0.15, 0.2) is 22.6 Å². The molecule has 0 N–H and O–H groups in total. The molecule has 0 atom stereocenters. The molecule has 8 heteroatoms. The van der Waals surface area contributed by atoms with Crippen LogP contribution < -0.4 is 0 Å². The van der Waals surface area contributed by atoms with Crippen LogP contribution >= 0.6 is 11.6 Å². The third kappa shape index (κ3) is 3.54. The molecule has 3 rings (SSSR count). The Morgan fingerprint density at radius 3 is 2.56 bits per heavy atom. The average Bonchev–Trinajstić information content (AvgIpc) is 2.89. The van der Waals surface area contributed by atoms with Crippen molar-refractivity contribution in [1.29, 1.82) is 0 Å². The molecule has 0 radical (unpaired) electrons. The van der Waals surface area contributed by atoms with Crippen LogP contribution in [0.5, 0.6) is 0 Å². The number of benzene rings is 1. The van der Waals surface area contributed by atoms with Crippen molar-refractivity contribution >= 4 is 38.5 Å². The number of sulfonamides is 1. The van der Waals surface area contributed by atoms with Crippen LogP contribution in [0.2, 0.25) is 5.02 Å². The van der Waals surface area contributed by atoms with E-state index >= 15 is 0 Å². The zero-order chi connectivity index (χ0) is 18.4. The van der Waals surface area contributed by atoms with Gasteiger partial charge in [-0.15, -0.1) is 0 Å². The Morgan fingerprint density at radius 1 is 1.32 bits per heavy atom. The average molecular weight is 385 g/mol. The molecule has 2 aromatic rings. The van der Waals surface area contributed by atoms with E-state index in [0.29, 0.717) is 42.3 Å². The summed E-state index contributed by atoms with van der Waals surface area (Å²) in [6.07, 6.45) is 2.42. The van der Waals surface area contributed by atoms with Crippen molar-refractivity contribution in [3.63, 3.8) is 0 Å². The van der Waals surface area contributed by atoms with Crippen LogP contribution in [0.4, 0.5) is 0 Å². The second-order valence-electron chi connectivity index (χ2n) is 6.50. The lowest BCUT2D eigenvalue weighted by atomic mass is 10.0. The Morgan fingerprint density at radius 2 is 1.96 bits per heavy atom. The van der Waals surface area contributed by atoms with Crippen LogP contribution in [0.25, 0.3) is 11.0 Å². The number of piperidine rings is 1. The third-order valence-corrected chi connectivity index (χ3v) is 6.46. The first-order chi connectivity index (χ1) is 11.7. The summed E-state index contributed by atoms with van der Waals surface area (Å²) < 4.78 is 30.5. The fraction of sp³-hybridized carbons (Fsp3) is 0.471. The third-order valence-electron chi connectivity index (χ3n) is 4.88. The number of halogens is 1. The molecule has 1 aromatic heterocycles. The normalized spacial score (nSPS) is 16.8. The van der Waals surface area contributed by atoms with Gasteiger partial charge in [-0.05, 0) is 38.0 Å². The van der Waals surface area contributed by atoms with E-state index < -0.39 is 10.0 Å². The SMILES string of the molecule is Cc1c(C(=O)N2CCC(N(C)S(C)(=O)=O)CC2)oc2ccc(Cl)cc12. The van der Waals surface area contributed by atoms with Crippen LogP contribution in [0, 0.1) is 6.92 Å². The van der Waals surface area contributed by atoms with Gasteiger partial charge in [-0.2, -0.15) is 0 Å².